The van der Waals surface area contributed by atoms with E-state index in [1.807, 2.05) is 27.7 Å². The Labute approximate surface area is 289 Å². The summed E-state index contributed by atoms with van der Waals surface area (Å²) in [6.07, 6.45) is -0.588. The van der Waals surface area contributed by atoms with Crippen molar-refractivity contribution in [1.82, 2.24) is 0 Å². The van der Waals surface area contributed by atoms with Crippen molar-refractivity contribution in [3.05, 3.63) is 55.6 Å². The van der Waals surface area contributed by atoms with Gasteiger partial charge in [0.15, 0.2) is 0 Å². The van der Waals surface area contributed by atoms with Crippen molar-refractivity contribution >= 4 is 39.1 Å². The van der Waals surface area contributed by atoms with E-state index in [2.05, 4.69) is 94.5 Å². The minimum absolute atomic E-state index is 0. The van der Waals surface area contributed by atoms with Gasteiger partial charge in [0.2, 0.25) is 0 Å². The molecule has 0 aliphatic rings. The zero-order valence-electron chi connectivity index (χ0n) is 27.9. The second-order valence-electron chi connectivity index (χ2n) is 9.26. The van der Waals surface area contributed by atoms with Crippen LogP contribution in [-0.4, -0.2) is 45.5 Å². The molecule has 0 bridgehead atoms. The fraction of sp³-hybridized carbons (Fsp3) is 0.621. The van der Waals surface area contributed by atoms with Crippen LogP contribution >= 0.6 is 7.81 Å². The molecule has 2 rings (SSSR count). The Kier molecular flexibility index (Phi) is 29.6. The van der Waals surface area contributed by atoms with Crippen LogP contribution in [0, 0.1) is 69.2 Å². The van der Waals surface area contributed by atoms with Gasteiger partial charge in [-0.05, 0) is 13.8 Å². The zero-order chi connectivity index (χ0) is 34.2. The van der Waals surface area contributed by atoms with Crippen LogP contribution < -0.4 is 0 Å². The molecule has 14 heteroatoms. The summed E-state index contributed by atoms with van der Waals surface area (Å²) in [4.78, 5) is 0. The van der Waals surface area contributed by atoms with Gasteiger partial charge in [-0.15, -0.1) is 0 Å². The standard InChI is InChI=1S/2C10H15.C5H11NO2.2C2H6S.F6P.2Fe/c2*1-6-7(2)9(4)10(5)8(6)3;1-3-6(4-2)5(7)8;2*1-2-3;1-7(2,3,4,5)6;;/h2*1-5H3;3-4H2,1-2H3,(H,7,8);2*3H,2H2,1H3;;;/q2*-1;;;;-1;2*+2/p-1. The summed E-state index contributed by atoms with van der Waals surface area (Å²) >= 11 is 8.79. The molecule has 0 aliphatic carbocycles. The van der Waals surface area contributed by atoms with E-state index < -0.39 is 13.9 Å². The van der Waals surface area contributed by atoms with Crippen LogP contribution in [-0.2, 0) is 59.4 Å². The van der Waals surface area contributed by atoms with Crippen molar-refractivity contribution < 1.29 is 74.1 Å². The molecule has 0 aromatic heterocycles. The Balaban J connectivity index is -0.0000000992. The van der Waals surface area contributed by atoms with Crippen molar-refractivity contribution in [2.75, 3.05) is 24.6 Å². The van der Waals surface area contributed by atoms with Crippen LogP contribution in [0.15, 0.2) is 0 Å². The number of halogens is 6. The van der Waals surface area contributed by atoms with E-state index in [9.17, 15) is 25.2 Å². The molecule has 0 fully saturated rings. The predicted molar refractivity (Wildman–Crippen MR) is 172 cm³/mol. The second kappa shape index (κ2) is 23.1. The van der Waals surface area contributed by atoms with Crippen molar-refractivity contribution in [3.63, 3.8) is 0 Å². The summed E-state index contributed by atoms with van der Waals surface area (Å²) in [5.74, 6) is 1.67. The molecule has 3 nitrogen and oxygen atoms in total. The molecule has 2 aromatic carbocycles. The molecule has 43 heavy (non-hydrogen) atoms. The van der Waals surface area contributed by atoms with E-state index >= 15 is 0 Å². The molecule has 0 atom stereocenters. The minimum atomic E-state index is -10.7. The average molecular weight is 768 g/mol. The molecule has 0 saturated heterocycles. The smallest absolute Gasteiger partial charge is 2.00 e. The molecule has 0 aliphatic heterocycles. The number of nitrogens with zero attached hydrogens (tertiary/aromatic N) is 1. The summed E-state index contributed by atoms with van der Waals surface area (Å²) in [6, 6.07) is 0. The van der Waals surface area contributed by atoms with Crippen LogP contribution in [0.25, 0.3) is 0 Å². The number of aliphatic hydroxyl groups is 2. The van der Waals surface area contributed by atoms with Gasteiger partial charge in [-0.2, -0.15) is 71.7 Å². The van der Waals surface area contributed by atoms with Gasteiger partial charge >= 0.3 is 73.2 Å². The van der Waals surface area contributed by atoms with Gasteiger partial charge in [0, 0.05) is 0 Å². The third kappa shape index (κ3) is 28.9. The van der Waals surface area contributed by atoms with Crippen LogP contribution in [0.5, 0.6) is 0 Å². The second-order valence-corrected chi connectivity index (χ2v) is 12.3. The molecule has 0 radical (unpaired) electrons. The first-order chi connectivity index (χ1) is 18.1. The minimum Gasteiger partial charge on any atom is 2.00 e. The number of rotatable bonds is 2. The van der Waals surface area contributed by atoms with Gasteiger partial charge in [0.1, 0.15) is 13.1 Å². The molecule has 0 heterocycles. The number of hydrogen-bond donors (Lipinski definition) is 2. The summed E-state index contributed by atoms with van der Waals surface area (Å²) in [7, 11) is -10.7. The van der Waals surface area contributed by atoms with Crippen molar-refractivity contribution in [1.29, 1.82) is 0 Å². The van der Waals surface area contributed by atoms with Crippen molar-refractivity contribution in [2.24, 2.45) is 0 Å². The Morgan fingerprint density at radius 2 is 0.721 bits per heavy atom. The van der Waals surface area contributed by atoms with Crippen LogP contribution in [0.1, 0.15) is 83.3 Å². The molecule has 0 spiro atoms. The third-order valence-electron chi connectivity index (χ3n) is 6.67. The van der Waals surface area contributed by atoms with E-state index in [0.29, 0.717) is 13.1 Å². The van der Waals surface area contributed by atoms with Gasteiger partial charge in [-0.3, -0.25) is 0 Å². The summed E-state index contributed by atoms with van der Waals surface area (Å²) in [5.41, 5.74) is 14.7. The first kappa shape index (κ1) is 55.1. The van der Waals surface area contributed by atoms with Gasteiger partial charge < -0.3 is 35.5 Å². The molecule has 2 N–H and O–H groups in total. The van der Waals surface area contributed by atoms with Gasteiger partial charge in [-0.25, -0.2) is 0 Å². The van der Waals surface area contributed by atoms with E-state index in [0.717, 1.165) is 11.5 Å². The quantitative estimate of drug-likeness (QED) is 0.0467. The molecular weight excluding hydrogens is 715 g/mol. The fourth-order valence-electron chi connectivity index (χ4n) is 3.32. The molecule has 0 saturated carbocycles. The van der Waals surface area contributed by atoms with E-state index in [1.54, 1.807) is 0 Å². The topological polar surface area (TPSA) is 43.5 Å². The zero-order valence-corrected chi connectivity index (χ0v) is 32.6. The Morgan fingerprint density at radius 1 is 0.581 bits per heavy atom. The van der Waals surface area contributed by atoms with Crippen LogP contribution in [0.2, 0.25) is 0 Å². The summed E-state index contributed by atoms with van der Waals surface area (Å²) < 4.78 is 60.6. The number of aliphatic hydroxyl groups excluding tert-OH is 1. The summed E-state index contributed by atoms with van der Waals surface area (Å²) in [5, 5.41) is 16.8. The van der Waals surface area contributed by atoms with Crippen LogP contribution in [0.3, 0.4) is 0 Å². The van der Waals surface area contributed by atoms with E-state index in [-0.39, 0.29) is 34.1 Å². The van der Waals surface area contributed by atoms with Crippen molar-refractivity contribution in [3.8, 4) is 0 Å². The Morgan fingerprint density at radius 3 is 0.744 bits per heavy atom. The Bertz CT molecular complexity index is 846. The first-order valence-corrected chi connectivity index (χ1v) is 16.4. The molecule has 0 unspecified atom stereocenters. The average Bonchev–Trinajstić information content (AvgIpc) is 3.09. The Hall–Kier alpha value is -0.281. The molecule has 0 amide bonds. The van der Waals surface area contributed by atoms with Crippen molar-refractivity contribution in [2.45, 2.75) is 96.9 Å². The van der Waals surface area contributed by atoms with Gasteiger partial charge in [-0.1, -0.05) is 83.1 Å². The SMILES string of the molecule is CC[N+](CC)=C(O)O.CC[S-].CC[S-].Cc1c(C)c(C)[c-](C)c1C.Cc1c(C)c(C)[c-](C)c1C.F[P-](F)(F)(F)(F)F.[Fe+2].[Fe+2]. The van der Waals surface area contributed by atoms with E-state index in [4.69, 9.17) is 10.2 Å². The van der Waals surface area contributed by atoms with Gasteiger partial charge in [0.25, 0.3) is 0 Å². The number of hydrogen-bond acceptors (Lipinski definition) is 2. The molecular formula is C29H52F6Fe2NO2PS2. The maximum atomic E-state index is 9.87. The maximum absolute atomic E-state index is 10.7. The first-order valence-electron chi connectivity index (χ1n) is 13.2. The predicted octanol–water partition coefficient (Wildman–Crippen LogP) is 10.9. The summed E-state index contributed by atoms with van der Waals surface area (Å²) in [6.45, 7) is 30.9. The molecule has 2 aromatic rings. The maximum Gasteiger partial charge on any atom is 2.00 e. The van der Waals surface area contributed by atoms with Gasteiger partial charge in [0.05, 0.1) is 0 Å². The van der Waals surface area contributed by atoms with Crippen LogP contribution in [0.4, 0.5) is 25.2 Å². The molecule has 260 valence electrons. The fourth-order valence-corrected chi connectivity index (χ4v) is 3.32. The normalized spacial score (nSPS) is 11.1. The monoisotopic (exact) mass is 767 g/mol. The largest absolute Gasteiger partial charge is 2.00 e. The van der Waals surface area contributed by atoms with E-state index in [1.165, 1.54) is 60.2 Å². The third-order valence-corrected chi connectivity index (χ3v) is 6.67.